The molecule has 17 heavy (non-hydrogen) atoms. The molecule has 0 aromatic carbocycles. The molecule has 0 bridgehead atoms. The van der Waals surface area contributed by atoms with E-state index in [-0.39, 0.29) is 21.9 Å². The minimum Gasteiger partial charge on any atom is -0.463 e. The second-order valence-electron chi connectivity index (χ2n) is 2.81. The first kappa shape index (κ1) is 11.7. The fraction of sp³-hybridized carbons (Fsp3) is 0.125. The van der Waals surface area contributed by atoms with Gasteiger partial charge >= 0.3 is 5.97 Å². The van der Waals surface area contributed by atoms with E-state index in [1.54, 1.807) is 0 Å². The van der Waals surface area contributed by atoms with Crippen molar-refractivity contribution in [2.24, 2.45) is 0 Å². The van der Waals surface area contributed by atoms with Crippen LogP contribution in [0.5, 0.6) is 0 Å². The third-order valence-electron chi connectivity index (χ3n) is 1.77. The van der Waals surface area contributed by atoms with E-state index in [1.807, 2.05) is 0 Å². The van der Waals surface area contributed by atoms with Crippen LogP contribution in [0.15, 0.2) is 12.5 Å². The van der Waals surface area contributed by atoms with Gasteiger partial charge in [-0.15, -0.1) is 5.10 Å². The van der Waals surface area contributed by atoms with Crippen molar-refractivity contribution in [3.05, 3.63) is 28.7 Å². The Morgan fingerprint density at radius 3 is 2.88 bits per heavy atom. The number of hydrogen-bond donors (Lipinski definition) is 0. The third-order valence-corrected chi connectivity index (χ3v) is 2.22. The Balaban J connectivity index is 2.43. The molecule has 0 aliphatic heterocycles. The van der Waals surface area contributed by atoms with Gasteiger partial charge in [0.05, 0.1) is 13.3 Å². The van der Waals surface area contributed by atoms with Gasteiger partial charge in [0.25, 0.3) is 5.82 Å². The second kappa shape index (κ2) is 4.64. The monoisotopic (exact) mass is 273 g/mol. The molecule has 0 aliphatic rings. The van der Waals surface area contributed by atoms with Crippen molar-refractivity contribution in [3.63, 3.8) is 0 Å². The highest BCUT2D eigenvalue weighted by molar-refractivity contribution is 6.32. The molecule has 2 heterocycles. The van der Waals surface area contributed by atoms with E-state index in [0.29, 0.717) is 0 Å². The average Bonchev–Trinajstić information content (AvgIpc) is 2.80. The second-order valence-corrected chi connectivity index (χ2v) is 3.56. The predicted molar refractivity (Wildman–Crippen MR) is 58.3 cm³/mol. The lowest BCUT2D eigenvalue weighted by atomic mass is 10.6. The van der Waals surface area contributed by atoms with Gasteiger partial charge in [-0.25, -0.2) is 19.4 Å². The number of ether oxygens (including phenoxy) is 1. The summed E-state index contributed by atoms with van der Waals surface area (Å²) in [6.45, 7) is 0. The molecule has 0 atom stereocenters. The molecule has 2 rings (SSSR count). The zero-order valence-corrected chi connectivity index (χ0v) is 9.98. The van der Waals surface area contributed by atoms with Crippen molar-refractivity contribution in [1.82, 2.24) is 24.7 Å². The summed E-state index contributed by atoms with van der Waals surface area (Å²) >= 11 is 11.5. The number of nitrogens with zero attached hydrogens (tertiary/aromatic N) is 5. The Kier molecular flexibility index (Phi) is 3.21. The fourth-order valence-electron chi connectivity index (χ4n) is 1.05. The Morgan fingerprint density at radius 1 is 1.41 bits per heavy atom. The van der Waals surface area contributed by atoms with Gasteiger partial charge in [-0.1, -0.05) is 11.6 Å². The fourth-order valence-corrected chi connectivity index (χ4v) is 1.35. The molecule has 88 valence electrons. The van der Waals surface area contributed by atoms with Crippen molar-refractivity contribution in [2.45, 2.75) is 0 Å². The molecule has 0 spiro atoms. The molecule has 0 amide bonds. The van der Waals surface area contributed by atoms with Gasteiger partial charge in [0, 0.05) is 0 Å². The number of methoxy groups -OCH3 is 1. The minimum atomic E-state index is -0.653. The molecule has 0 radical (unpaired) electrons. The van der Waals surface area contributed by atoms with Gasteiger partial charge in [-0.05, 0) is 11.6 Å². The van der Waals surface area contributed by atoms with Crippen molar-refractivity contribution < 1.29 is 9.53 Å². The quantitative estimate of drug-likeness (QED) is 0.603. The largest absolute Gasteiger partial charge is 0.463 e. The Bertz CT molecular complexity index is 571. The first-order valence-electron chi connectivity index (χ1n) is 4.30. The molecule has 0 aliphatic carbocycles. The molecule has 7 nitrogen and oxygen atoms in total. The minimum absolute atomic E-state index is 0.0134. The number of aromatic nitrogens is 5. The molecule has 0 N–H and O–H groups in total. The van der Waals surface area contributed by atoms with Crippen LogP contribution in [0.3, 0.4) is 0 Å². The highest BCUT2D eigenvalue weighted by Gasteiger charge is 2.14. The van der Waals surface area contributed by atoms with E-state index >= 15 is 0 Å². The van der Waals surface area contributed by atoms with E-state index in [9.17, 15) is 4.79 Å². The van der Waals surface area contributed by atoms with Crippen LogP contribution in [-0.4, -0.2) is 37.8 Å². The van der Waals surface area contributed by atoms with Crippen LogP contribution >= 0.6 is 23.2 Å². The highest BCUT2D eigenvalue weighted by Crippen LogP contribution is 2.17. The van der Waals surface area contributed by atoms with E-state index < -0.39 is 5.97 Å². The summed E-state index contributed by atoms with van der Waals surface area (Å²) < 4.78 is 5.68. The molecular weight excluding hydrogens is 269 g/mol. The van der Waals surface area contributed by atoms with Crippen LogP contribution in [0.2, 0.25) is 10.3 Å². The normalized spacial score (nSPS) is 10.3. The summed E-state index contributed by atoms with van der Waals surface area (Å²) in [5.41, 5.74) is 0. The number of esters is 1. The van der Waals surface area contributed by atoms with Gasteiger partial charge in [-0.3, -0.25) is 0 Å². The molecule has 0 saturated carbocycles. The van der Waals surface area contributed by atoms with Crippen molar-refractivity contribution >= 4 is 29.2 Å². The van der Waals surface area contributed by atoms with Crippen molar-refractivity contribution in [2.75, 3.05) is 7.11 Å². The summed E-state index contributed by atoms with van der Waals surface area (Å²) in [5.74, 6) is -0.521. The van der Waals surface area contributed by atoms with Crippen LogP contribution in [-0.2, 0) is 4.74 Å². The molecule has 0 unspecified atom stereocenters. The van der Waals surface area contributed by atoms with E-state index in [1.165, 1.54) is 24.3 Å². The smallest absolute Gasteiger partial charge is 0.377 e. The van der Waals surface area contributed by atoms with E-state index in [4.69, 9.17) is 23.2 Å². The van der Waals surface area contributed by atoms with E-state index in [2.05, 4.69) is 24.8 Å². The topological polar surface area (TPSA) is 82.8 Å². The number of rotatable bonds is 2. The zero-order valence-electron chi connectivity index (χ0n) is 8.46. The highest BCUT2D eigenvalue weighted by atomic mass is 35.5. The maximum Gasteiger partial charge on any atom is 0.377 e. The SMILES string of the molecule is COC(=O)c1ncn(-c2nc(Cl)ncc2Cl)n1. The number of hydrogen-bond acceptors (Lipinski definition) is 6. The third kappa shape index (κ3) is 2.34. The summed E-state index contributed by atoms with van der Waals surface area (Å²) in [7, 11) is 1.23. The molecule has 9 heteroatoms. The summed E-state index contributed by atoms with van der Waals surface area (Å²) in [6.07, 6.45) is 2.60. The first-order valence-corrected chi connectivity index (χ1v) is 5.06. The van der Waals surface area contributed by atoms with Gasteiger partial charge in [-0.2, -0.15) is 4.98 Å². The number of carbonyl (C=O) groups is 1. The molecule has 0 saturated heterocycles. The van der Waals surface area contributed by atoms with Gasteiger partial charge in [0.2, 0.25) is 5.28 Å². The van der Waals surface area contributed by atoms with Crippen molar-refractivity contribution in [1.29, 1.82) is 0 Å². The lowest BCUT2D eigenvalue weighted by Crippen LogP contribution is -2.06. The van der Waals surface area contributed by atoms with E-state index in [0.717, 1.165) is 0 Å². The van der Waals surface area contributed by atoms with Crippen molar-refractivity contribution in [3.8, 4) is 5.82 Å². The standard InChI is InChI=1S/C8H5Cl2N5O2/c1-17-7(16)5-12-3-15(14-5)6-4(9)2-11-8(10)13-6/h2-3H,1H3. The first-order chi connectivity index (χ1) is 8.11. The van der Waals surface area contributed by atoms with Crippen LogP contribution in [0.4, 0.5) is 0 Å². The van der Waals surface area contributed by atoms with Gasteiger partial charge in [0.15, 0.2) is 5.82 Å². The lowest BCUT2D eigenvalue weighted by molar-refractivity contribution is 0.0587. The Labute approximate surface area is 105 Å². The van der Waals surface area contributed by atoms with Crippen LogP contribution < -0.4 is 0 Å². The summed E-state index contributed by atoms with van der Waals surface area (Å²) in [4.78, 5) is 22.5. The lowest BCUT2D eigenvalue weighted by Gasteiger charge is -2.01. The summed E-state index contributed by atoms with van der Waals surface area (Å²) in [6, 6.07) is 0. The maximum absolute atomic E-state index is 11.2. The Hall–Kier alpha value is -1.73. The Morgan fingerprint density at radius 2 is 2.18 bits per heavy atom. The predicted octanol–water partition coefficient (Wildman–Crippen LogP) is 1.15. The molecule has 2 aromatic heterocycles. The maximum atomic E-state index is 11.2. The van der Waals surface area contributed by atoms with Gasteiger partial charge < -0.3 is 4.74 Å². The zero-order chi connectivity index (χ0) is 12.4. The van der Waals surface area contributed by atoms with Crippen LogP contribution in [0.1, 0.15) is 10.6 Å². The number of halogens is 2. The molecular formula is C8H5Cl2N5O2. The molecule has 2 aromatic rings. The molecule has 0 fully saturated rings. The number of carbonyl (C=O) groups excluding carboxylic acids is 1. The van der Waals surface area contributed by atoms with Crippen LogP contribution in [0, 0.1) is 0 Å². The van der Waals surface area contributed by atoms with Gasteiger partial charge in [0.1, 0.15) is 11.3 Å². The van der Waals surface area contributed by atoms with Crippen LogP contribution in [0.25, 0.3) is 5.82 Å². The average molecular weight is 274 g/mol. The summed E-state index contributed by atoms with van der Waals surface area (Å²) in [5, 5.41) is 4.10.